The molecule has 2 aromatic rings. The lowest BCUT2D eigenvalue weighted by molar-refractivity contribution is 0.0955. The molecule has 0 saturated carbocycles. The molecular formula is C21H24N2O4S2. The molecule has 0 aliphatic carbocycles. The second kappa shape index (κ2) is 9.92. The average Bonchev–Trinajstić information content (AvgIpc) is 3.25. The van der Waals surface area contributed by atoms with Gasteiger partial charge in [0.05, 0.1) is 0 Å². The number of ether oxygens (including phenoxy) is 1. The van der Waals surface area contributed by atoms with Gasteiger partial charge in [0, 0.05) is 19.6 Å². The molecular weight excluding hydrogens is 408 g/mol. The Labute approximate surface area is 175 Å². The van der Waals surface area contributed by atoms with E-state index in [2.05, 4.69) is 11.2 Å². The number of carbonyl (C=O) groups excluding carboxylic acids is 1. The summed E-state index contributed by atoms with van der Waals surface area (Å²) in [5, 5.41) is 4.48. The number of carbonyl (C=O) groups is 1. The Morgan fingerprint density at radius 3 is 2.59 bits per heavy atom. The molecule has 154 valence electrons. The quantitative estimate of drug-likeness (QED) is 0.651. The van der Waals surface area contributed by atoms with Crippen LogP contribution in [0, 0.1) is 12.3 Å². The topological polar surface area (TPSA) is 75.7 Å². The summed E-state index contributed by atoms with van der Waals surface area (Å²) in [6.45, 7) is 1.66. The van der Waals surface area contributed by atoms with Crippen molar-refractivity contribution in [2.45, 2.75) is 30.6 Å². The zero-order chi connectivity index (χ0) is 20.7. The predicted molar refractivity (Wildman–Crippen MR) is 114 cm³/mol. The largest absolute Gasteiger partial charge is 0.481 e. The highest BCUT2D eigenvalue weighted by Gasteiger charge is 2.30. The third-order valence-electron chi connectivity index (χ3n) is 4.71. The van der Waals surface area contributed by atoms with Gasteiger partial charge >= 0.3 is 0 Å². The van der Waals surface area contributed by atoms with Gasteiger partial charge < -0.3 is 10.1 Å². The molecule has 1 aromatic carbocycles. The van der Waals surface area contributed by atoms with Crippen LogP contribution in [0.2, 0.25) is 0 Å². The van der Waals surface area contributed by atoms with E-state index in [9.17, 15) is 13.2 Å². The molecule has 0 spiro atoms. The number of rotatable bonds is 8. The van der Waals surface area contributed by atoms with Crippen molar-refractivity contribution in [1.29, 1.82) is 0 Å². The summed E-state index contributed by atoms with van der Waals surface area (Å²) in [5.41, 5.74) is 1.03. The third kappa shape index (κ3) is 5.38. The van der Waals surface area contributed by atoms with Crippen LogP contribution in [-0.2, 0) is 16.4 Å². The Balaban J connectivity index is 1.58. The molecule has 6 nitrogen and oxygen atoms in total. The minimum Gasteiger partial charge on any atom is -0.481 e. The van der Waals surface area contributed by atoms with Crippen LogP contribution in [0.4, 0.5) is 0 Å². The Morgan fingerprint density at radius 2 is 1.90 bits per heavy atom. The molecule has 1 fully saturated rings. The monoisotopic (exact) mass is 432 g/mol. The van der Waals surface area contributed by atoms with E-state index in [1.807, 2.05) is 24.3 Å². The molecule has 1 saturated heterocycles. The number of nitrogens with zero attached hydrogens (tertiary/aromatic N) is 1. The van der Waals surface area contributed by atoms with Gasteiger partial charge in [-0.05, 0) is 48.4 Å². The standard InChI is InChI=1S/C21H24N2O4S2/c1-2-15-27-18-8-6-17(7-9-18)10-12-22-21(24)20-19(11-16-28-20)29(25,26)23-13-4-3-5-14-23/h1,6-9,11,16H,3-5,10,12-15H2,(H,22,24). The summed E-state index contributed by atoms with van der Waals surface area (Å²) >= 11 is 1.15. The molecule has 1 aliphatic rings. The van der Waals surface area contributed by atoms with E-state index in [0.29, 0.717) is 31.8 Å². The lowest BCUT2D eigenvalue weighted by Crippen LogP contribution is -2.36. The van der Waals surface area contributed by atoms with Gasteiger partial charge in [0.25, 0.3) is 5.91 Å². The van der Waals surface area contributed by atoms with Gasteiger partial charge in [-0.3, -0.25) is 4.79 Å². The van der Waals surface area contributed by atoms with Crippen molar-refractivity contribution in [2.75, 3.05) is 26.2 Å². The lowest BCUT2D eigenvalue weighted by Gasteiger charge is -2.25. The molecule has 0 unspecified atom stereocenters. The molecule has 0 atom stereocenters. The SMILES string of the molecule is C#CCOc1ccc(CCNC(=O)c2sccc2S(=O)(=O)N2CCCCC2)cc1. The predicted octanol–water partition coefficient (Wildman–Crippen LogP) is 2.91. The Hall–Kier alpha value is -2.34. The van der Waals surface area contributed by atoms with Crippen LogP contribution in [-0.4, -0.2) is 44.9 Å². The van der Waals surface area contributed by atoms with E-state index < -0.39 is 10.0 Å². The fourth-order valence-electron chi connectivity index (χ4n) is 3.19. The van der Waals surface area contributed by atoms with Gasteiger partial charge in [-0.1, -0.05) is 24.5 Å². The molecule has 0 bridgehead atoms. The van der Waals surface area contributed by atoms with Crippen LogP contribution >= 0.6 is 11.3 Å². The summed E-state index contributed by atoms with van der Waals surface area (Å²) < 4.78 is 32.6. The zero-order valence-corrected chi connectivity index (χ0v) is 17.7. The lowest BCUT2D eigenvalue weighted by atomic mass is 10.1. The Kier molecular flexibility index (Phi) is 7.31. The minimum absolute atomic E-state index is 0.108. The highest BCUT2D eigenvalue weighted by Crippen LogP contribution is 2.27. The average molecular weight is 433 g/mol. The number of terminal acetylenes is 1. The molecule has 8 heteroatoms. The summed E-state index contributed by atoms with van der Waals surface area (Å²) in [6, 6.07) is 9.01. The second-order valence-electron chi connectivity index (χ2n) is 6.72. The molecule has 1 aliphatic heterocycles. The molecule has 2 heterocycles. The van der Waals surface area contributed by atoms with E-state index in [4.69, 9.17) is 11.2 Å². The van der Waals surface area contributed by atoms with Crippen molar-refractivity contribution < 1.29 is 17.9 Å². The van der Waals surface area contributed by atoms with Crippen LogP contribution in [0.15, 0.2) is 40.6 Å². The van der Waals surface area contributed by atoms with Gasteiger partial charge in [0.1, 0.15) is 22.1 Å². The van der Waals surface area contributed by atoms with E-state index in [1.54, 1.807) is 5.38 Å². The Morgan fingerprint density at radius 1 is 1.17 bits per heavy atom. The molecule has 1 N–H and O–H groups in total. The first-order chi connectivity index (χ1) is 14.0. The number of hydrogen-bond donors (Lipinski definition) is 1. The van der Waals surface area contributed by atoms with Crippen molar-refractivity contribution in [3.8, 4) is 18.1 Å². The number of benzene rings is 1. The van der Waals surface area contributed by atoms with E-state index in [-0.39, 0.29) is 22.3 Å². The number of sulfonamides is 1. The van der Waals surface area contributed by atoms with E-state index >= 15 is 0 Å². The van der Waals surface area contributed by atoms with Crippen molar-refractivity contribution in [3.05, 3.63) is 46.2 Å². The molecule has 3 rings (SSSR count). The fraction of sp³-hybridized carbons (Fsp3) is 0.381. The van der Waals surface area contributed by atoms with Crippen LogP contribution in [0.25, 0.3) is 0 Å². The molecule has 1 amide bonds. The first kappa shape index (κ1) is 21.4. The second-order valence-corrected chi connectivity index (χ2v) is 9.54. The fourth-order valence-corrected chi connectivity index (χ4v) is 6.02. The van der Waals surface area contributed by atoms with Gasteiger partial charge in [-0.2, -0.15) is 4.31 Å². The van der Waals surface area contributed by atoms with E-state index in [1.165, 1.54) is 10.4 Å². The third-order valence-corrected chi connectivity index (χ3v) is 7.70. The van der Waals surface area contributed by atoms with Crippen molar-refractivity contribution in [2.24, 2.45) is 0 Å². The van der Waals surface area contributed by atoms with Gasteiger partial charge in [0.2, 0.25) is 10.0 Å². The smallest absolute Gasteiger partial charge is 0.262 e. The summed E-state index contributed by atoms with van der Waals surface area (Å²) in [7, 11) is -3.63. The highest BCUT2D eigenvalue weighted by atomic mass is 32.2. The maximum Gasteiger partial charge on any atom is 0.262 e. The summed E-state index contributed by atoms with van der Waals surface area (Å²) in [6.07, 6.45) is 8.55. The van der Waals surface area contributed by atoms with Crippen LogP contribution < -0.4 is 10.1 Å². The first-order valence-electron chi connectivity index (χ1n) is 9.53. The van der Waals surface area contributed by atoms with Crippen molar-refractivity contribution in [1.82, 2.24) is 9.62 Å². The van der Waals surface area contributed by atoms with Gasteiger partial charge in [-0.25, -0.2) is 8.42 Å². The van der Waals surface area contributed by atoms with Crippen molar-refractivity contribution in [3.63, 3.8) is 0 Å². The number of nitrogens with one attached hydrogen (secondary N) is 1. The van der Waals surface area contributed by atoms with E-state index in [0.717, 1.165) is 36.2 Å². The maximum atomic E-state index is 12.9. The molecule has 0 radical (unpaired) electrons. The van der Waals surface area contributed by atoms with Crippen LogP contribution in [0.5, 0.6) is 5.75 Å². The summed E-state index contributed by atoms with van der Waals surface area (Å²) in [4.78, 5) is 12.9. The molecule has 29 heavy (non-hydrogen) atoms. The normalized spacial score (nSPS) is 14.9. The van der Waals surface area contributed by atoms with Gasteiger partial charge in [-0.15, -0.1) is 17.8 Å². The number of piperidine rings is 1. The maximum absolute atomic E-state index is 12.9. The highest BCUT2D eigenvalue weighted by molar-refractivity contribution is 7.89. The zero-order valence-electron chi connectivity index (χ0n) is 16.1. The molecule has 1 aromatic heterocycles. The minimum atomic E-state index is -3.63. The van der Waals surface area contributed by atoms with Crippen molar-refractivity contribution >= 4 is 27.3 Å². The number of hydrogen-bond acceptors (Lipinski definition) is 5. The number of thiophene rings is 1. The number of amides is 1. The van der Waals surface area contributed by atoms with Gasteiger partial charge in [0.15, 0.2) is 0 Å². The van der Waals surface area contributed by atoms with Crippen LogP contribution in [0.3, 0.4) is 0 Å². The van der Waals surface area contributed by atoms with Crippen LogP contribution in [0.1, 0.15) is 34.5 Å². The Bertz CT molecular complexity index is 969. The summed E-state index contributed by atoms with van der Waals surface area (Å²) in [5.74, 6) is 2.75. The first-order valence-corrected chi connectivity index (χ1v) is 11.9.